The predicted molar refractivity (Wildman–Crippen MR) is 95.7 cm³/mol. The Morgan fingerprint density at radius 2 is 2.04 bits per heavy atom. The van der Waals surface area contributed by atoms with Crippen LogP contribution in [0.3, 0.4) is 0 Å². The lowest BCUT2D eigenvalue weighted by Gasteiger charge is -2.25. The molecule has 0 fully saturated rings. The highest BCUT2D eigenvalue weighted by Gasteiger charge is 2.35. The van der Waals surface area contributed by atoms with Crippen LogP contribution in [-0.4, -0.2) is 49.4 Å². The number of fused-ring (bicyclic) bond motifs is 2. The average Bonchev–Trinajstić information content (AvgIpc) is 2.96. The van der Waals surface area contributed by atoms with Crippen molar-refractivity contribution in [1.29, 1.82) is 0 Å². The molecule has 0 radical (unpaired) electrons. The zero-order valence-electron chi connectivity index (χ0n) is 15.0. The van der Waals surface area contributed by atoms with Crippen molar-refractivity contribution in [2.24, 2.45) is 0 Å². The highest BCUT2D eigenvalue weighted by Crippen LogP contribution is 2.46. The van der Waals surface area contributed by atoms with Gasteiger partial charge in [-0.25, -0.2) is 0 Å². The molecule has 0 aliphatic carbocycles. The number of amides is 2. The largest absolute Gasteiger partial charge is 0.496 e. The minimum atomic E-state index is -0.410. The first-order valence-electron chi connectivity index (χ1n) is 8.70. The first-order valence-corrected chi connectivity index (χ1v) is 8.70. The summed E-state index contributed by atoms with van der Waals surface area (Å²) in [6, 6.07) is 3.59. The van der Waals surface area contributed by atoms with E-state index in [2.05, 4.69) is 20.8 Å². The highest BCUT2D eigenvalue weighted by atomic mass is 16.5. The van der Waals surface area contributed by atoms with Crippen LogP contribution in [0.25, 0.3) is 0 Å². The van der Waals surface area contributed by atoms with Crippen molar-refractivity contribution in [3.05, 3.63) is 29.0 Å². The van der Waals surface area contributed by atoms with Gasteiger partial charge in [-0.05, 0) is 6.07 Å². The van der Waals surface area contributed by atoms with E-state index in [1.54, 1.807) is 20.2 Å². The molecule has 2 aliphatic heterocycles. The van der Waals surface area contributed by atoms with Gasteiger partial charge in [-0.1, -0.05) is 0 Å². The fraction of sp³-hybridized carbons (Fsp3) is 0.389. The van der Waals surface area contributed by atoms with Gasteiger partial charge in [0.2, 0.25) is 5.91 Å². The normalized spacial score (nSPS) is 18.1. The minimum absolute atomic E-state index is 0.159. The summed E-state index contributed by atoms with van der Waals surface area (Å²) in [7, 11) is 3.10. The van der Waals surface area contributed by atoms with E-state index in [1.165, 1.54) is 0 Å². The molecule has 0 spiro atoms. The lowest BCUT2D eigenvalue weighted by molar-refractivity contribution is -0.116. The molecule has 0 saturated carbocycles. The lowest BCUT2D eigenvalue weighted by atomic mass is 9.84. The summed E-state index contributed by atoms with van der Waals surface area (Å²) < 4.78 is 17.1. The van der Waals surface area contributed by atoms with Crippen LogP contribution in [0.4, 0.5) is 5.82 Å². The molecule has 3 N–H and O–H groups in total. The van der Waals surface area contributed by atoms with E-state index in [0.29, 0.717) is 47.5 Å². The number of methoxy groups -OCH3 is 1. The minimum Gasteiger partial charge on any atom is -0.496 e. The van der Waals surface area contributed by atoms with Gasteiger partial charge in [-0.15, -0.1) is 0 Å². The number of hydrogen-bond donors (Lipinski definition) is 3. The number of nitrogens with one attached hydrogen (secondary N) is 3. The van der Waals surface area contributed by atoms with Crippen LogP contribution < -0.4 is 24.8 Å². The summed E-state index contributed by atoms with van der Waals surface area (Å²) >= 11 is 0. The summed E-state index contributed by atoms with van der Waals surface area (Å²) in [5.74, 6) is 1.22. The Hall–Kier alpha value is -3.23. The number of ether oxygens (including phenoxy) is 3. The Labute approximate surface area is 155 Å². The molecule has 2 aromatic rings. The van der Waals surface area contributed by atoms with E-state index in [-0.39, 0.29) is 18.2 Å². The van der Waals surface area contributed by atoms with Gasteiger partial charge < -0.3 is 24.8 Å². The molecule has 142 valence electrons. The summed E-state index contributed by atoms with van der Waals surface area (Å²) in [6.45, 7) is 1.11. The Morgan fingerprint density at radius 3 is 2.74 bits per heavy atom. The maximum atomic E-state index is 12.3. The van der Waals surface area contributed by atoms with E-state index in [9.17, 15) is 9.59 Å². The van der Waals surface area contributed by atoms with Crippen molar-refractivity contribution in [3.63, 3.8) is 0 Å². The molecule has 9 heteroatoms. The summed E-state index contributed by atoms with van der Waals surface area (Å²) in [5.41, 5.74) is 1.68. The standard InChI is InChI=1S/C18H20N4O5/c1-19-18(24)16-15-10(7-14(23)20-17(15)22-21-16)9-6-12-13(8-11(9)25-2)27-5-3-4-26-12/h6,8,10H,3-5,7H2,1-2H3,(H,19,24)(H2,20,21,22,23). The molecule has 1 atom stereocenters. The van der Waals surface area contributed by atoms with Crippen LogP contribution in [0.15, 0.2) is 12.1 Å². The number of rotatable bonds is 3. The molecule has 1 aromatic carbocycles. The number of aromatic nitrogens is 2. The average molecular weight is 372 g/mol. The molecular formula is C18H20N4O5. The third kappa shape index (κ3) is 2.94. The van der Waals surface area contributed by atoms with Gasteiger partial charge in [0.25, 0.3) is 5.91 Å². The first kappa shape index (κ1) is 17.2. The van der Waals surface area contributed by atoms with Gasteiger partial charge in [-0.2, -0.15) is 5.10 Å². The van der Waals surface area contributed by atoms with Crippen LogP contribution in [0, 0.1) is 0 Å². The van der Waals surface area contributed by atoms with Crippen molar-refractivity contribution in [3.8, 4) is 17.2 Å². The Balaban J connectivity index is 1.87. The Bertz CT molecular complexity index is 907. The Morgan fingerprint density at radius 1 is 1.30 bits per heavy atom. The summed E-state index contributed by atoms with van der Waals surface area (Å²) in [4.78, 5) is 24.5. The van der Waals surface area contributed by atoms with Crippen molar-refractivity contribution in [2.45, 2.75) is 18.8 Å². The van der Waals surface area contributed by atoms with Crippen molar-refractivity contribution < 1.29 is 23.8 Å². The van der Waals surface area contributed by atoms with Crippen LogP contribution in [-0.2, 0) is 4.79 Å². The van der Waals surface area contributed by atoms with Crippen LogP contribution in [0.2, 0.25) is 0 Å². The zero-order chi connectivity index (χ0) is 19.0. The van der Waals surface area contributed by atoms with E-state index in [4.69, 9.17) is 14.2 Å². The van der Waals surface area contributed by atoms with E-state index < -0.39 is 5.92 Å². The molecule has 9 nitrogen and oxygen atoms in total. The van der Waals surface area contributed by atoms with Gasteiger partial charge in [0.1, 0.15) is 11.4 Å². The molecule has 4 rings (SSSR count). The number of carbonyl (C=O) groups is 2. The fourth-order valence-corrected chi connectivity index (χ4v) is 3.47. The topological polar surface area (TPSA) is 115 Å². The number of nitrogens with zero attached hydrogens (tertiary/aromatic N) is 1. The predicted octanol–water partition coefficient (Wildman–Crippen LogP) is 1.41. The van der Waals surface area contributed by atoms with Crippen LogP contribution >= 0.6 is 0 Å². The molecule has 0 bridgehead atoms. The van der Waals surface area contributed by atoms with Crippen LogP contribution in [0.5, 0.6) is 17.2 Å². The molecule has 0 saturated heterocycles. The molecule has 3 heterocycles. The highest BCUT2D eigenvalue weighted by molar-refractivity contribution is 6.00. The first-order chi connectivity index (χ1) is 13.1. The molecule has 1 aromatic heterocycles. The smallest absolute Gasteiger partial charge is 0.269 e. The summed E-state index contributed by atoms with van der Waals surface area (Å²) in [5, 5.41) is 12.1. The quantitative estimate of drug-likeness (QED) is 0.751. The van der Waals surface area contributed by atoms with Gasteiger partial charge in [0, 0.05) is 43.0 Å². The summed E-state index contributed by atoms with van der Waals surface area (Å²) in [6.07, 6.45) is 0.942. The van der Waals surface area contributed by atoms with Gasteiger partial charge in [0.05, 0.1) is 20.3 Å². The van der Waals surface area contributed by atoms with Gasteiger partial charge in [0.15, 0.2) is 17.3 Å². The fourth-order valence-electron chi connectivity index (χ4n) is 3.47. The number of H-pyrrole nitrogens is 1. The van der Waals surface area contributed by atoms with E-state index in [1.807, 2.05) is 6.07 Å². The van der Waals surface area contributed by atoms with Gasteiger partial charge >= 0.3 is 0 Å². The second kappa shape index (κ2) is 6.82. The maximum absolute atomic E-state index is 12.3. The van der Waals surface area contributed by atoms with E-state index >= 15 is 0 Å². The molecular weight excluding hydrogens is 352 g/mol. The number of aromatic amines is 1. The van der Waals surface area contributed by atoms with E-state index in [0.717, 1.165) is 12.0 Å². The van der Waals surface area contributed by atoms with Crippen LogP contribution in [0.1, 0.15) is 40.4 Å². The van der Waals surface area contributed by atoms with Crippen molar-refractivity contribution in [2.75, 3.05) is 32.7 Å². The number of benzene rings is 1. The van der Waals surface area contributed by atoms with Gasteiger partial charge in [-0.3, -0.25) is 14.7 Å². The lowest BCUT2D eigenvalue weighted by Crippen LogP contribution is -2.26. The Kier molecular flexibility index (Phi) is 4.35. The molecule has 27 heavy (non-hydrogen) atoms. The third-order valence-corrected chi connectivity index (χ3v) is 4.73. The zero-order valence-corrected chi connectivity index (χ0v) is 15.0. The second-order valence-electron chi connectivity index (χ2n) is 6.34. The second-order valence-corrected chi connectivity index (χ2v) is 6.34. The molecule has 1 unspecified atom stereocenters. The monoisotopic (exact) mass is 372 g/mol. The van der Waals surface area contributed by atoms with Crippen molar-refractivity contribution in [1.82, 2.24) is 15.5 Å². The van der Waals surface area contributed by atoms with Crippen molar-refractivity contribution >= 4 is 17.6 Å². The number of anilines is 1. The maximum Gasteiger partial charge on any atom is 0.269 e. The molecule has 2 aliphatic rings. The number of carbonyl (C=O) groups excluding carboxylic acids is 2. The SMILES string of the molecule is CNC(=O)c1[nH]nc2c1C(c1cc3c(cc1OC)OCCCO3)CC(=O)N2. The third-order valence-electron chi connectivity index (χ3n) is 4.73. The molecule has 2 amide bonds. The number of hydrogen-bond acceptors (Lipinski definition) is 6.